The predicted molar refractivity (Wildman–Crippen MR) is 201 cm³/mol. The molecular formula is C41H56ClN3O6. The van der Waals surface area contributed by atoms with E-state index in [-0.39, 0.29) is 19.2 Å². The minimum atomic E-state index is -0.700. The van der Waals surface area contributed by atoms with Gasteiger partial charge in [-0.3, -0.25) is 4.98 Å². The van der Waals surface area contributed by atoms with Gasteiger partial charge in [-0.25, -0.2) is 4.79 Å². The molecule has 1 atom stereocenters. The molecule has 1 aromatic heterocycles. The van der Waals surface area contributed by atoms with Crippen molar-refractivity contribution in [2.24, 2.45) is 0 Å². The standard InChI is InChI=1S/C41H56ClN3O6/c1-30-25-32(29-50-41(18-19-41)37-27-43-21-17-35(37)36-13-3-4-14-39(36)51-34-15-16-34)38(42)26-31(30)11-6-9-23-45(22-8-2-10-24-46)40(49)44-20-7-5-12-33(48)28-47/h3-4,13-14,17,21,25-27,33-34,46-48H,2,5-12,15-16,18-20,22-24,28-29H2,1H3,(H,44,49). The number of pyridine rings is 1. The molecule has 3 aromatic rings. The molecule has 10 heteroatoms. The Morgan fingerprint density at radius 3 is 2.53 bits per heavy atom. The van der Waals surface area contributed by atoms with Crippen LogP contribution in [0.5, 0.6) is 5.75 Å². The van der Waals surface area contributed by atoms with E-state index in [2.05, 4.69) is 53.6 Å². The molecule has 278 valence electrons. The SMILES string of the molecule is Cc1cc(COC2(c3cnccc3-c3ccccc3OC3CC3)CC2)c(Cl)cc1CCCCN(CCCCCO)C(=O)NCCCCC(O)CO. The Hall–Kier alpha value is -3.21. The highest BCUT2D eigenvalue weighted by Gasteiger charge is 2.48. The van der Waals surface area contributed by atoms with Gasteiger partial charge in [-0.1, -0.05) is 35.9 Å². The average molecular weight is 722 g/mol. The number of aliphatic hydroxyl groups is 3. The summed E-state index contributed by atoms with van der Waals surface area (Å²) in [4.78, 5) is 19.3. The van der Waals surface area contributed by atoms with E-state index in [4.69, 9.17) is 31.3 Å². The lowest BCUT2D eigenvalue weighted by atomic mass is 9.96. The number of aryl methyl sites for hydroxylation is 2. The van der Waals surface area contributed by atoms with Crippen molar-refractivity contribution in [3.05, 3.63) is 82.1 Å². The number of hydrogen-bond donors (Lipinski definition) is 4. The molecule has 2 amide bonds. The zero-order chi connectivity index (χ0) is 36.1. The number of urea groups is 1. The normalized spacial score (nSPS) is 15.4. The maximum Gasteiger partial charge on any atom is 0.317 e. The number of rotatable bonds is 23. The number of hydrogen-bond acceptors (Lipinski definition) is 7. The summed E-state index contributed by atoms with van der Waals surface area (Å²) in [7, 11) is 0. The third-order valence-corrected chi connectivity index (χ3v) is 10.3. The summed E-state index contributed by atoms with van der Waals surface area (Å²) in [6.45, 7) is 4.30. The van der Waals surface area contributed by atoms with Gasteiger partial charge in [-0.15, -0.1) is 0 Å². The third-order valence-electron chi connectivity index (χ3n) is 9.97. The Labute approximate surface area is 308 Å². The molecule has 51 heavy (non-hydrogen) atoms. The monoisotopic (exact) mass is 721 g/mol. The van der Waals surface area contributed by atoms with Crippen LogP contribution in [-0.4, -0.2) is 76.3 Å². The van der Waals surface area contributed by atoms with Crippen LogP contribution in [0, 0.1) is 6.92 Å². The van der Waals surface area contributed by atoms with Gasteiger partial charge in [0.1, 0.15) is 5.75 Å². The first-order chi connectivity index (χ1) is 24.8. The number of nitrogens with one attached hydrogen (secondary N) is 1. The number of carbonyl (C=O) groups is 1. The van der Waals surface area contributed by atoms with E-state index in [0.717, 1.165) is 105 Å². The number of benzene rings is 2. The predicted octanol–water partition coefficient (Wildman–Crippen LogP) is 7.48. The first kappa shape index (κ1) is 39.0. The summed E-state index contributed by atoms with van der Waals surface area (Å²) < 4.78 is 13.0. The van der Waals surface area contributed by atoms with Gasteiger partial charge in [0.2, 0.25) is 0 Å². The van der Waals surface area contributed by atoms with Crippen LogP contribution in [0.1, 0.15) is 99.3 Å². The summed E-state index contributed by atoms with van der Waals surface area (Å²) in [5.41, 5.74) is 6.24. The minimum Gasteiger partial charge on any atom is -0.490 e. The lowest BCUT2D eigenvalue weighted by Crippen LogP contribution is -2.41. The first-order valence-corrected chi connectivity index (χ1v) is 19.3. The van der Waals surface area contributed by atoms with E-state index in [1.54, 1.807) is 0 Å². The van der Waals surface area contributed by atoms with Gasteiger partial charge in [0.05, 0.1) is 31.0 Å². The lowest BCUT2D eigenvalue weighted by Gasteiger charge is -2.23. The molecule has 0 aliphatic heterocycles. The first-order valence-electron chi connectivity index (χ1n) is 18.9. The molecule has 2 aliphatic carbocycles. The molecule has 0 bridgehead atoms. The molecule has 2 aliphatic rings. The maximum atomic E-state index is 13.0. The van der Waals surface area contributed by atoms with Crippen molar-refractivity contribution in [3.8, 4) is 16.9 Å². The van der Waals surface area contributed by atoms with Crippen molar-refractivity contribution < 1.29 is 29.6 Å². The molecule has 0 saturated heterocycles. The van der Waals surface area contributed by atoms with E-state index < -0.39 is 11.7 Å². The minimum absolute atomic E-state index is 0.0760. The van der Waals surface area contributed by atoms with Crippen LogP contribution >= 0.6 is 11.6 Å². The van der Waals surface area contributed by atoms with Gasteiger partial charge in [0.15, 0.2) is 0 Å². The van der Waals surface area contributed by atoms with E-state index in [1.807, 2.05) is 23.4 Å². The average Bonchev–Trinajstić information content (AvgIpc) is 4.09. The van der Waals surface area contributed by atoms with Crippen molar-refractivity contribution in [2.45, 2.75) is 115 Å². The van der Waals surface area contributed by atoms with Crippen LogP contribution < -0.4 is 10.1 Å². The Bertz CT molecular complexity index is 1550. The number of halogens is 1. The largest absolute Gasteiger partial charge is 0.490 e. The van der Waals surface area contributed by atoms with Crippen molar-refractivity contribution >= 4 is 17.6 Å². The molecule has 5 rings (SSSR count). The number of amides is 2. The number of para-hydroxylation sites is 1. The number of aliphatic hydroxyl groups excluding tert-OH is 3. The van der Waals surface area contributed by atoms with Gasteiger partial charge in [0.25, 0.3) is 0 Å². The number of ether oxygens (including phenoxy) is 2. The maximum absolute atomic E-state index is 13.0. The van der Waals surface area contributed by atoms with Gasteiger partial charge >= 0.3 is 6.03 Å². The van der Waals surface area contributed by atoms with Crippen molar-refractivity contribution in [2.75, 3.05) is 32.8 Å². The molecule has 1 unspecified atom stereocenters. The second-order valence-corrected chi connectivity index (χ2v) is 14.6. The number of nitrogens with zero attached hydrogens (tertiary/aromatic N) is 2. The van der Waals surface area contributed by atoms with Crippen LogP contribution in [-0.2, 0) is 23.4 Å². The van der Waals surface area contributed by atoms with E-state index in [0.29, 0.717) is 43.8 Å². The summed E-state index contributed by atoms with van der Waals surface area (Å²) in [6, 6.07) is 14.5. The fourth-order valence-corrected chi connectivity index (χ4v) is 6.80. The van der Waals surface area contributed by atoms with Crippen LogP contribution in [0.15, 0.2) is 54.9 Å². The highest BCUT2D eigenvalue weighted by Crippen LogP contribution is 2.53. The quantitative estimate of drug-likeness (QED) is 0.0749. The molecule has 1 heterocycles. The number of carbonyl (C=O) groups excluding carboxylic acids is 1. The Morgan fingerprint density at radius 1 is 1.00 bits per heavy atom. The Morgan fingerprint density at radius 2 is 1.78 bits per heavy atom. The molecule has 2 saturated carbocycles. The van der Waals surface area contributed by atoms with Crippen molar-refractivity contribution in [1.29, 1.82) is 0 Å². The molecule has 0 radical (unpaired) electrons. The highest BCUT2D eigenvalue weighted by molar-refractivity contribution is 6.31. The fraction of sp³-hybridized carbons (Fsp3) is 0.561. The summed E-state index contributed by atoms with van der Waals surface area (Å²) >= 11 is 6.87. The van der Waals surface area contributed by atoms with E-state index in [1.165, 1.54) is 11.1 Å². The number of unbranched alkanes of at least 4 members (excludes halogenated alkanes) is 4. The zero-order valence-electron chi connectivity index (χ0n) is 30.1. The van der Waals surface area contributed by atoms with E-state index >= 15 is 0 Å². The second-order valence-electron chi connectivity index (χ2n) is 14.2. The van der Waals surface area contributed by atoms with Gasteiger partial charge < -0.3 is 35.0 Å². The number of aromatic nitrogens is 1. The topological polar surface area (TPSA) is 124 Å². The van der Waals surface area contributed by atoms with Crippen LogP contribution in [0.3, 0.4) is 0 Å². The summed E-state index contributed by atoms with van der Waals surface area (Å²) in [5, 5.41) is 31.4. The van der Waals surface area contributed by atoms with Gasteiger partial charge in [0, 0.05) is 54.8 Å². The smallest absolute Gasteiger partial charge is 0.317 e. The Kier molecular flexibility index (Phi) is 15.0. The van der Waals surface area contributed by atoms with Crippen LogP contribution in [0.25, 0.3) is 11.1 Å². The Balaban J connectivity index is 1.13. The lowest BCUT2D eigenvalue weighted by molar-refractivity contribution is 0.0173. The van der Waals surface area contributed by atoms with Gasteiger partial charge in [-0.2, -0.15) is 0 Å². The highest BCUT2D eigenvalue weighted by atomic mass is 35.5. The molecule has 4 N–H and O–H groups in total. The van der Waals surface area contributed by atoms with Crippen molar-refractivity contribution in [3.63, 3.8) is 0 Å². The van der Waals surface area contributed by atoms with Crippen LogP contribution in [0.2, 0.25) is 5.02 Å². The van der Waals surface area contributed by atoms with Gasteiger partial charge in [-0.05, 0) is 131 Å². The fourth-order valence-electron chi connectivity index (χ4n) is 6.56. The second kappa shape index (κ2) is 19.6. The molecule has 0 spiro atoms. The summed E-state index contributed by atoms with van der Waals surface area (Å²) in [6.07, 6.45) is 14.6. The van der Waals surface area contributed by atoms with Crippen LogP contribution in [0.4, 0.5) is 4.79 Å². The third kappa shape index (κ3) is 11.6. The van der Waals surface area contributed by atoms with E-state index in [9.17, 15) is 9.90 Å². The summed E-state index contributed by atoms with van der Waals surface area (Å²) in [5.74, 6) is 0.912. The molecule has 2 aromatic carbocycles. The molecule has 9 nitrogen and oxygen atoms in total. The zero-order valence-corrected chi connectivity index (χ0v) is 30.9. The molecule has 2 fully saturated rings. The molecular weight excluding hydrogens is 666 g/mol. The van der Waals surface area contributed by atoms with Crippen molar-refractivity contribution in [1.82, 2.24) is 15.2 Å².